The van der Waals surface area contributed by atoms with E-state index >= 15 is 0 Å². The number of aromatic nitrogens is 2. The highest BCUT2D eigenvalue weighted by Gasteiger charge is 2.32. The van der Waals surface area contributed by atoms with Crippen LogP contribution in [0.2, 0.25) is 0 Å². The third-order valence-electron chi connectivity index (χ3n) is 4.42. The Labute approximate surface area is 139 Å². The Morgan fingerprint density at radius 2 is 2.12 bits per heavy atom. The van der Waals surface area contributed by atoms with Crippen LogP contribution >= 0.6 is 0 Å². The van der Waals surface area contributed by atoms with Crippen molar-refractivity contribution in [2.75, 3.05) is 0 Å². The molecule has 0 amide bonds. The molecule has 2 heterocycles. The molecule has 5 heteroatoms. The fraction of sp³-hybridized carbons (Fsp3) is 0.158. The first-order chi connectivity index (χ1) is 11.7. The lowest BCUT2D eigenvalue weighted by molar-refractivity contribution is 0.395. The van der Waals surface area contributed by atoms with Crippen molar-refractivity contribution in [1.82, 2.24) is 9.78 Å². The number of nitrogens with two attached hydrogens (primary N) is 1. The molecule has 0 saturated heterocycles. The van der Waals surface area contributed by atoms with Gasteiger partial charge in [0.1, 0.15) is 17.4 Å². The summed E-state index contributed by atoms with van der Waals surface area (Å²) in [6.07, 6.45) is 3.77. The molecule has 2 aromatic carbocycles. The van der Waals surface area contributed by atoms with Crippen molar-refractivity contribution >= 4 is 10.8 Å². The standard InChI is InChI=1S/C19H16N4O/c1-2-23-11-13(10-22-23)17-15(9-20)19(21)24-16-8-7-12-5-3-4-6-14(12)18(16)17/h3-8,10-11,17H,2,21H2,1H3/t17-/m0/s1. The van der Waals surface area contributed by atoms with Gasteiger partial charge in [0.2, 0.25) is 5.88 Å². The maximum absolute atomic E-state index is 9.66. The van der Waals surface area contributed by atoms with Gasteiger partial charge in [0.05, 0.1) is 12.1 Å². The predicted molar refractivity (Wildman–Crippen MR) is 91.1 cm³/mol. The fourth-order valence-electron chi connectivity index (χ4n) is 3.28. The molecule has 0 fully saturated rings. The molecule has 0 unspecified atom stereocenters. The van der Waals surface area contributed by atoms with E-state index < -0.39 is 0 Å². The third kappa shape index (κ3) is 2.04. The number of hydrogen-bond acceptors (Lipinski definition) is 4. The lowest BCUT2D eigenvalue weighted by Crippen LogP contribution is -2.21. The highest BCUT2D eigenvalue weighted by atomic mass is 16.5. The number of aryl methyl sites for hydroxylation is 1. The van der Waals surface area contributed by atoms with Gasteiger partial charge in [-0.05, 0) is 23.8 Å². The molecule has 1 aliphatic heterocycles. The van der Waals surface area contributed by atoms with Gasteiger partial charge in [-0.1, -0.05) is 30.3 Å². The molecule has 1 atom stereocenters. The minimum atomic E-state index is -0.273. The molecule has 5 nitrogen and oxygen atoms in total. The van der Waals surface area contributed by atoms with Crippen molar-refractivity contribution in [3.63, 3.8) is 0 Å². The van der Waals surface area contributed by atoms with Gasteiger partial charge in [-0.2, -0.15) is 10.4 Å². The van der Waals surface area contributed by atoms with E-state index in [1.54, 1.807) is 6.20 Å². The lowest BCUT2D eigenvalue weighted by atomic mass is 9.82. The molecular weight excluding hydrogens is 300 g/mol. The molecule has 1 aliphatic rings. The first kappa shape index (κ1) is 14.3. The molecule has 0 saturated carbocycles. The Kier molecular flexibility index (Phi) is 3.24. The summed E-state index contributed by atoms with van der Waals surface area (Å²) in [6, 6.07) is 14.2. The van der Waals surface area contributed by atoms with Crippen molar-refractivity contribution in [3.05, 3.63) is 71.4 Å². The number of benzene rings is 2. The van der Waals surface area contributed by atoms with Crippen molar-refractivity contribution < 1.29 is 4.74 Å². The zero-order valence-corrected chi connectivity index (χ0v) is 13.2. The van der Waals surface area contributed by atoms with Crippen LogP contribution in [0.15, 0.2) is 60.2 Å². The summed E-state index contributed by atoms with van der Waals surface area (Å²) in [7, 11) is 0. The Balaban J connectivity index is 2.03. The largest absolute Gasteiger partial charge is 0.440 e. The first-order valence-corrected chi connectivity index (χ1v) is 7.84. The van der Waals surface area contributed by atoms with E-state index in [1.165, 1.54) is 0 Å². The van der Waals surface area contributed by atoms with Crippen molar-refractivity contribution in [1.29, 1.82) is 5.26 Å². The average molecular weight is 316 g/mol. The second-order valence-corrected chi connectivity index (χ2v) is 5.75. The van der Waals surface area contributed by atoms with Crippen LogP contribution in [-0.4, -0.2) is 9.78 Å². The van der Waals surface area contributed by atoms with Gasteiger partial charge in [-0.3, -0.25) is 4.68 Å². The lowest BCUT2D eigenvalue weighted by Gasteiger charge is -2.26. The van der Waals surface area contributed by atoms with Crippen LogP contribution < -0.4 is 10.5 Å². The molecule has 2 N–H and O–H groups in total. The second kappa shape index (κ2) is 5.43. The second-order valence-electron chi connectivity index (χ2n) is 5.75. The Morgan fingerprint density at radius 1 is 1.29 bits per heavy atom. The first-order valence-electron chi connectivity index (χ1n) is 7.84. The smallest absolute Gasteiger partial charge is 0.205 e. The molecule has 24 heavy (non-hydrogen) atoms. The Bertz CT molecular complexity index is 1010. The van der Waals surface area contributed by atoms with E-state index in [0.717, 1.165) is 28.4 Å². The van der Waals surface area contributed by atoms with Gasteiger partial charge >= 0.3 is 0 Å². The minimum Gasteiger partial charge on any atom is -0.440 e. The molecule has 4 rings (SSSR count). The van der Waals surface area contributed by atoms with Gasteiger partial charge in [0.25, 0.3) is 0 Å². The molecule has 3 aromatic rings. The molecule has 0 spiro atoms. The number of allylic oxidation sites excluding steroid dienone is 1. The summed E-state index contributed by atoms with van der Waals surface area (Å²) in [5.74, 6) is 0.583. The number of nitrogens with zero attached hydrogens (tertiary/aromatic N) is 3. The van der Waals surface area contributed by atoms with Crippen molar-refractivity contribution in [2.45, 2.75) is 19.4 Å². The van der Waals surface area contributed by atoms with E-state index in [9.17, 15) is 5.26 Å². The maximum atomic E-state index is 9.66. The fourth-order valence-corrected chi connectivity index (χ4v) is 3.28. The molecule has 0 radical (unpaired) electrons. The number of fused-ring (bicyclic) bond motifs is 3. The minimum absolute atomic E-state index is 0.162. The number of rotatable bonds is 2. The third-order valence-corrected chi connectivity index (χ3v) is 4.42. The monoisotopic (exact) mass is 316 g/mol. The zero-order chi connectivity index (χ0) is 16.7. The van der Waals surface area contributed by atoms with Gasteiger partial charge in [0, 0.05) is 23.9 Å². The normalized spacial score (nSPS) is 16.6. The van der Waals surface area contributed by atoms with Gasteiger partial charge in [-0.25, -0.2) is 0 Å². The van der Waals surface area contributed by atoms with E-state index in [-0.39, 0.29) is 11.8 Å². The zero-order valence-electron chi connectivity index (χ0n) is 13.2. The molecular formula is C19H16N4O. The van der Waals surface area contributed by atoms with Crippen LogP contribution in [0, 0.1) is 11.3 Å². The molecule has 1 aromatic heterocycles. The summed E-state index contributed by atoms with van der Waals surface area (Å²) in [6.45, 7) is 2.80. The highest BCUT2D eigenvalue weighted by Crippen LogP contribution is 2.45. The van der Waals surface area contributed by atoms with Crippen LogP contribution in [0.3, 0.4) is 0 Å². The van der Waals surface area contributed by atoms with Crippen LogP contribution in [0.4, 0.5) is 0 Å². The van der Waals surface area contributed by atoms with E-state index in [4.69, 9.17) is 10.5 Å². The van der Waals surface area contributed by atoms with Gasteiger partial charge in [0.15, 0.2) is 0 Å². The maximum Gasteiger partial charge on any atom is 0.205 e. The molecule has 0 bridgehead atoms. The Morgan fingerprint density at radius 3 is 2.88 bits per heavy atom. The summed E-state index contributed by atoms with van der Waals surface area (Å²) >= 11 is 0. The van der Waals surface area contributed by atoms with Crippen LogP contribution in [0.1, 0.15) is 24.0 Å². The SMILES string of the molecule is CCn1cc([C@H]2C(C#N)=C(N)Oc3ccc4ccccc4c32)cn1. The predicted octanol–water partition coefficient (Wildman–Crippen LogP) is 3.27. The van der Waals surface area contributed by atoms with E-state index in [2.05, 4.69) is 17.2 Å². The number of hydrogen-bond donors (Lipinski definition) is 1. The average Bonchev–Trinajstić information content (AvgIpc) is 3.09. The van der Waals surface area contributed by atoms with E-state index in [0.29, 0.717) is 11.3 Å². The Hall–Kier alpha value is -3.26. The number of ether oxygens (including phenoxy) is 1. The summed E-state index contributed by atoms with van der Waals surface area (Å²) in [5.41, 5.74) is 8.36. The summed E-state index contributed by atoms with van der Waals surface area (Å²) in [5, 5.41) is 16.2. The van der Waals surface area contributed by atoms with E-state index in [1.807, 2.05) is 48.1 Å². The van der Waals surface area contributed by atoms with Crippen LogP contribution in [0.5, 0.6) is 5.75 Å². The topological polar surface area (TPSA) is 76.9 Å². The van der Waals surface area contributed by atoms with Crippen molar-refractivity contribution in [3.8, 4) is 11.8 Å². The number of nitriles is 1. The summed E-state index contributed by atoms with van der Waals surface area (Å²) < 4.78 is 7.58. The summed E-state index contributed by atoms with van der Waals surface area (Å²) in [4.78, 5) is 0. The highest BCUT2D eigenvalue weighted by molar-refractivity contribution is 5.90. The van der Waals surface area contributed by atoms with Crippen molar-refractivity contribution in [2.24, 2.45) is 5.73 Å². The molecule has 0 aliphatic carbocycles. The van der Waals surface area contributed by atoms with Gasteiger partial charge < -0.3 is 10.5 Å². The van der Waals surface area contributed by atoms with Crippen LogP contribution in [0.25, 0.3) is 10.8 Å². The quantitative estimate of drug-likeness (QED) is 0.787. The van der Waals surface area contributed by atoms with Gasteiger partial charge in [-0.15, -0.1) is 0 Å². The molecule has 118 valence electrons. The van der Waals surface area contributed by atoms with Crippen LogP contribution in [-0.2, 0) is 6.54 Å².